The number of rotatable bonds is 2. The second kappa shape index (κ2) is 6.47. The highest BCUT2D eigenvalue weighted by Gasteiger charge is 2.26. The van der Waals surface area contributed by atoms with Crippen LogP contribution in [0.25, 0.3) is 0 Å². The van der Waals surface area contributed by atoms with Gasteiger partial charge >= 0.3 is 0 Å². The average Bonchev–Trinajstić information content (AvgIpc) is 2.62. The molecule has 0 amide bonds. The minimum atomic E-state index is -0.165. The van der Waals surface area contributed by atoms with Crippen LogP contribution in [-0.2, 0) is 0 Å². The molecule has 1 unspecified atom stereocenters. The lowest BCUT2D eigenvalue weighted by Crippen LogP contribution is -2.28. The summed E-state index contributed by atoms with van der Waals surface area (Å²) in [6.45, 7) is 3.79. The number of benzene rings is 1. The summed E-state index contributed by atoms with van der Waals surface area (Å²) < 4.78 is 5.95. The molecule has 5 heteroatoms. The molecule has 2 aromatic rings. The number of ether oxygens (including phenoxy) is 1. The van der Waals surface area contributed by atoms with Gasteiger partial charge in [-0.2, -0.15) is 4.98 Å². The van der Waals surface area contributed by atoms with E-state index in [4.69, 9.17) is 15.5 Å². The highest BCUT2D eigenvalue weighted by molar-refractivity contribution is 6.06. The number of nitrogen functional groups attached to an aromatic ring is 1. The maximum atomic E-state index is 6.01. The molecule has 0 radical (unpaired) electrons. The summed E-state index contributed by atoms with van der Waals surface area (Å²) in [6, 6.07) is 8.79. The van der Waals surface area contributed by atoms with Crippen LogP contribution in [0, 0.1) is 6.92 Å². The van der Waals surface area contributed by atoms with Gasteiger partial charge in [-0.1, -0.05) is 43.5 Å². The Bertz CT molecular complexity index is 807. The zero-order chi connectivity index (χ0) is 17.4. The number of aromatic nitrogens is 2. The summed E-state index contributed by atoms with van der Waals surface area (Å²) >= 11 is 0. The van der Waals surface area contributed by atoms with Crippen molar-refractivity contribution in [2.75, 3.05) is 5.73 Å². The first kappa shape index (κ1) is 16.1. The van der Waals surface area contributed by atoms with Gasteiger partial charge in [0, 0.05) is 0 Å². The van der Waals surface area contributed by atoms with Crippen LogP contribution in [0.1, 0.15) is 61.9 Å². The highest BCUT2D eigenvalue weighted by Crippen LogP contribution is 2.37. The number of anilines is 1. The summed E-state index contributed by atoms with van der Waals surface area (Å²) in [5.74, 6) is 2.14. The van der Waals surface area contributed by atoms with Crippen molar-refractivity contribution in [3.8, 4) is 5.88 Å². The van der Waals surface area contributed by atoms with Crippen molar-refractivity contribution in [1.29, 1.82) is 0 Å². The molecular formula is C20H24N4O. The van der Waals surface area contributed by atoms with Crippen molar-refractivity contribution in [3.05, 3.63) is 41.2 Å². The normalized spacial score (nSPS) is 20.6. The molecule has 0 spiro atoms. The van der Waals surface area contributed by atoms with Gasteiger partial charge < -0.3 is 10.5 Å². The molecule has 0 saturated heterocycles. The maximum Gasteiger partial charge on any atom is 0.246 e. The Morgan fingerprint density at radius 3 is 2.48 bits per heavy atom. The average molecular weight is 336 g/mol. The molecule has 130 valence electrons. The minimum Gasteiger partial charge on any atom is -0.466 e. The molecule has 2 N–H and O–H groups in total. The molecule has 1 fully saturated rings. The molecule has 5 nitrogen and oxygen atoms in total. The summed E-state index contributed by atoms with van der Waals surface area (Å²) in [5.41, 5.74) is 9.93. The quantitative estimate of drug-likeness (QED) is 0.886. The van der Waals surface area contributed by atoms with E-state index in [1.54, 1.807) is 6.92 Å². The maximum absolute atomic E-state index is 6.01. The molecule has 1 aromatic heterocycles. The molecule has 2 aliphatic rings. The van der Waals surface area contributed by atoms with Gasteiger partial charge in [0.1, 0.15) is 11.9 Å². The van der Waals surface area contributed by atoms with Gasteiger partial charge in [0.25, 0.3) is 0 Å². The van der Waals surface area contributed by atoms with Crippen molar-refractivity contribution in [1.82, 2.24) is 9.97 Å². The van der Waals surface area contributed by atoms with Gasteiger partial charge in [-0.15, -0.1) is 0 Å². The molecule has 1 saturated carbocycles. The van der Waals surface area contributed by atoms with Crippen molar-refractivity contribution in [3.63, 3.8) is 0 Å². The van der Waals surface area contributed by atoms with Crippen LogP contribution in [-0.4, -0.2) is 21.8 Å². The van der Waals surface area contributed by atoms with Crippen molar-refractivity contribution >= 4 is 17.2 Å². The van der Waals surface area contributed by atoms with Crippen molar-refractivity contribution in [2.45, 2.75) is 58.0 Å². The lowest BCUT2D eigenvalue weighted by atomic mass is 9.83. The fraction of sp³-hybridized carbons (Fsp3) is 0.450. The second-order valence-electron chi connectivity index (χ2n) is 7.02. The molecular weight excluding hydrogens is 312 g/mol. The summed E-state index contributed by atoms with van der Waals surface area (Å²) in [5, 5.41) is 0. The van der Waals surface area contributed by atoms with Gasteiger partial charge in [0.05, 0.1) is 5.71 Å². The summed E-state index contributed by atoms with van der Waals surface area (Å²) in [6.07, 6.45) is 6.52. The fourth-order valence-electron chi connectivity index (χ4n) is 3.84. The first-order valence-electron chi connectivity index (χ1n) is 9.11. The predicted octanol–water partition coefficient (Wildman–Crippen LogP) is 4.32. The predicted molar refractivity (Wildman–Crippen MR) is 99.7 cm³/mol. The number of hydrogen-bond donors (Lipinski definition) is 1. The Labute approximate surface area is 148 Å². The molecule has 1 aliphatic heterocycles. The Balaban J connectivity index is 1.65. The molecule has 0 bridgehead atoms. The van der Waals surface area contributed by atoms with Crippen molar-refractivity contribution in [2.24, 2.45) is 4.99 Å². The molecule has 1 atom stereocenters. The van der Waals surface area contributed by atoms with Crippen LogP contribution >= 0.6 is 0 Å². The van der Waals surface area contributed by atoms with Crippen LogP contribution < -0.4 is 10.5 Å². The third-order valence-electron chi connectivity index (χ3n) is 5.18. The van der Waals surface area contributed by atoms with E-state index < -0.39 is 0 Å². The van der Waals surface area contributed by atoms with E-state index in [0.717, 1.165) is 11.3 Å². The zero-order valence-corrected chi connectivity index (χ0v) is 14.8. The topological polar surface area (TPSA) is 73.4 Å². The van der Waals surface area contributed by atoms with Crippen LogP contribution in [0.5, 0.6) is 5.88 Å². The summed E-state index contributed by atoms with van der Waals surface area (Å²) in [4.78, 5) is 13.2. The molecule has 1 aliphatic carbocycles. The standard InChI is InChI=1S/C20H24N4O/c1-12-17(24-18-19(21)22-13(2)23-20(18)25-12)16-10-8-15(9-11-16)14-6-4-3-5-7-14/h8-12,14H,3-7H2,1-2H3,(H2,21,22,23). The van der Waals surface area contributed by atoms with E-state index in [1.807, 2.05) is 6.92 Å². The van der Waals surface area contributed by atoms with E-state index in [0.29, 0.717) is 29.1 Å². The Hall–Kier alpha value is -2.43. The van der Waals surface area contributed by atoms with E-state index in [9.17, 15) is 0 Å². The van der Waals surface area contributed by atoms with E-state index in [2.05, 4.69) is 34.2 Å². The number of aryl methyl sites for hydroxylation is 1. The van der Waals surface area contributed by atoms with Gasteiger partial charge in [0.15, 0.2) is 11.5 Å². The smallest absolute Gasteiger partial charge is 0.246 e. The first-order valence-corrected chi connectivity index (χ1v) is 9.11. The third kappa shape index (κ3) is 3.11. The van der Waals surface area contributed by atoms with E-state index >= 15 is 0 Å². The summed E-state index contributed by atoms with van der Waals surface area (Å²) in [7, 11) is 0. The molecule has 1 aromatic carbocycles. The Kier molecular flexibility index (Phi) is 4.15. The minimum absolute atomic E-state index is 0.165. The SMILES string of the molecule is Cc1nc(N)c2c(n1)OC(C)C(c1ccc(C3CCCCC3)cc1)=N2. The zero-order valence-electron chi connectivity index (χ0n) is 14.8. The molecule has 25 heavy (non-hydrogen) atoms. The number of fused-ring (bicyclic) bond motifs is 1. The van der Waals surface area contributed by atoms with Crippen molar-refractivity contribution < 1.29 is 4.74 Å². The highest BCUT2D eigenvalue weighted by atomic mass is 16.5. The number of aliphatic imine (C=N–C) groups is 1. The second-order valence-corrected chi connectivity index (χ2v) is 7.02. The van der Waals surface area contributed by atoms with Crippen LogP contribution in [0.4, 0.5) is 11.5 Å². The van der Waals surface area contributed by atoms with Crippen LogP contribution in [0.3, 0.4) is 0 Å². The van der Waals surface area contributed by atoms with E-state index in [1.165, 1.54) is 37.7 Å². The van der Waals surface area contributed by atoms with Crippen LogP contribution in [0.15, 0.2) is 29.3 Å². The van der Waals surface area contributed by atoms with E-state index in [-0.39, 0.29) is 6.10 Å². The number of nitrogens with zero attached hydrogens (tertiary/aromatic N) is 3. The van der Waals surface area contributed by atoms with Gasteiger partial charge in [-0.25, -0.2) is 9.98 Å². The van der Waals surface area contributed by atoms with Crippen LogP contribution in [0.2, 0.25) is 0 Å². The largest absolute Gasteiger partial charge is 0.466 e. The van der Waals surface area contributed by atoms with Gasteiger partial charge in [-0.05, 0) is 43.7 Å². The van der Waals surface area contributed by atoms with Gasteiger partial charge in [-0.3, -0.25) is 0 Å². The third-order valence-corrected chi connectivity index (χ3v) is 5.18. The fourth-order valence-corrected chi connectivity index (χ4v) is 3.84. The number of nitrogens with two attached hydrogens (primary N) is 1. The first-order chi connectivity index (χ1) is 12.1. The Morgan fingerprint density at radius 2 is 1.76 bits per heavy atom. The Morgan fingerprint density at radius 1 is 1.04 bits per heavy atom. The lowest BCUT2D eigenvalue weighted by molar-refractivity contribution is 0.271. The van der Waals surface area contributed by atoms with Gasteiger partial charge in [0.2, 0.25) is 5.88 Å². The number of hydrogen-bond acceptors (Lipinski definition) is 5. The monoisotopic (exact) mass is 336 g/mol. The molecule has 4 rings (SSSR count). The lowest BCUT2D eigenvalue weighted by Gasteiger charge is -2.24. The molecule has 2 heterocycles.